The number of nitrogens with zero attached hydrogens (tertiary/aromatic N) is 2. The fourth-order valence-electron chi connectivity index (χ4n) is 2.38. The van der Waals surface area contributed by atoms with Gasteiger partial charge in [0.15, 0.2) is 0 Å². The van der Waals surface area contributed by atoms with Crippen LogP contribution in [-0.2, 0) is 27.3 Å². The van der Waals surface area contributed by atoms with Crippen LogP contribution in [-0.4, -0.2) is 55.5 Å². The normalized spacial score (nSPS) is 14.1. The van der Waals surface area contributed by atoms with Gasteiger partial charge in [-0.05, 0) is 24.6 Å². The van der Waals surface area contributed by atoms with Crippen molar-refractivity contribution in [1.29, 1.82) is 0 Å². The van der Waals surface area contributed by atoms with Gasteiger partial charge < -0.3 is 9.64 Å². The molecule has 0 bridgehead atoms. The van der Waals surface area contributed by atoms with Gasteiger partial charge in [0.1, 0.15) is 0 Å². The fraction of sp³-hybridized carbons (Fsp3) is 0.467. The third-order valence-corrected chi connectivity index (χ3v) is 3.52. The third-order valence-electron chi connectivity index (χ3n) is 3.52. The van der Waals surface area contributed by atoms with E-state index in [2.05, 4.69) is 16.9 Å². The Labute approximate surface area is 119 Å². The minimum atomic E-state index is -0.329. The van der Waals surface area contributed by atoms with Gasteiger partial charge in [0.2, 0.25) is 5.91 Å². The summed E-state index contributed by atoms with van der Waals surface area (Å²) in [4.78, 5) is 26.9. The van der Waals surface area contributed by atoms with E-state index in [-0.39, 0.29) is 25.0 Å². The first kappa shape index (κ1) is 14.5. The summed E-state index contributed by atoms with van der Waals surface area (Å²) in [6.07, 6.45) is 0.891. The number of rotatable bonds is 4. The molecule has 0 radical (unpaired) electrons. The van der Waals surface area contributed by atoms with Crippen molar-refractivity contribution in [2.24, 2.45) is 0 Å². The second-order valence-electron chi connectivity index (χ2n) is 5.08. The zero-order chi connectivity index (χ0) is 14.5. The van der Waals surface area contributed by atoms with Crippen LogP contribution in [0.15, 0.2) is 24.3 Å². The van der Waals surface area contributed by atoms with Gasteiger partial charge in [-0.2, -0.15) is 0 Å². The molecule has 0 saturated heterocycles. The first-order valence-corrected chi connectivity index (χ1v) is 6.70. The Hall–Kier alpha value is -1.88. The van der Waals surface area contributed by atoms with Gasteiger partial charge in [0.05, 0.1) is 20.2 Å². The molecule has 0 spiro atoms. The number of hydrogen-bond acceptors (Lipinski definition) is 4. The summed E-state index contributed by atoms with van der Waals surface area (Å²) >= 11 is 0. The first-order valence-electron chi connectivity index (χ1n) is 6.70. The maximum atomic E-state index is 12.2. The molecule has 5 heteroatoms. The molecule has 0 N–H and O–H groups in total. The fourth-order valence-corrected chi connectivity index (χ4v) is 2.38. The number of fused-ring (bicyclic) bond motifs is 1. The highest BCUT2D eigenvalue weighted by molar-refractivity contribution is 5.79. The molecule has 0 atom stereocenters. The Morgan fingerprint density at radius 2 is 1.95 bits per heavy atom. The summed E-state index contributed by atoms with van der Waals surface area (Å²) < 4.78 is 4.59. The Morgan fingerprint density at radius 1 is 1.25 bits per heavy atom. The highest BCUT2D eigenvalue weighted by Crippen LogP contribution is 2.18. The maximum absolute atomic E-state index is 12.2. The Morgan fingerprint density at radius 3 is 2.65 bits per heavy atom. The van der Waals surface area contributed by atoms with Gasteiger partial charge >= 0.3 is 5.97 Å². The molecule has 1 aliphatic rings. The lowest BCUT2D eigenvalue weighted by atomic mass is 10.00. The van der Waals surface area contributed by atoms with E-state index in [1.54, 1.807) is 11.9 Å². The average Bonchev–Trinajstić information content (AvgIpc) is 2.46. The van der Waals surface area contributed by atoms with E-state index in [0.717, 1.165) is 13.0 Å². The van der Waals surface area contributed by atoms with Crippen LogP contribution in [0.1, 0.15) is 11.1 Å². The first-order chi connectivity index (χ1) is 9.60. The van der Waals surface area contributed by atoms with E-state index in [1.807, 2.05) is 17.0 Å². The van der Waals surface area contributed by atoms with Crippen molar-refractivity contribution in [3.63, 3.8) is 0 Å². The molecule has 1 aliphatic heterocycles. The Kier molecular flexibility index (Phi) is 4.74. The van der Waals surface area contributed by atoms with Crippen molar-refractivity contribution in [3.8, 4) is 0 Å². The highest BCUT2D eigenvalue weighted by atomic mass is 16.5. The van der Waals surface area contributed by atoms with Crippen LogP contribution in [0.3, 0.4) is 0 Å². The van der Waals surface area contributed by atoms with Crippen LogP contribution in [0, 0.1) is 0 Å². The molecule has 0 aliphatic carbocycles. The van der Waals surface area contributed by atoms with Gasteiger partial charge in [-0.25, -0.2) is 0 Å². The number of carbonyl (C=O) groups excluding carboxylic acids is 2. The molecule has 0 aromatic heterocycles. The van der Waals surface area contributed by atoms with Crippen LogP contribution in [0.25, 0.3) is 0 Å². The van der Waals surface area contributed by atoms with E-state index < -0.39 is 0 Å². The van der Waals surface area contributed by atoms with Crippen LogP contribution < -0.4 is 0 Å². The van der Waals surface area contributed by atoms with Crippen LogP contribution >= 0.6 is 0 Å². The molecular formula is C15H20N2O3. The maximum Gasteiger partial charge on any atom is 0.319 e. The van der Waals surface area contributed by atoms with Gasteiger partial charge in [-0.1, -0.05) is 24.3 Å². The molecule has 5 nitrogen and oxygen atoms in total. The van der Waals surface area contributed by atoms with Gasteiger partial charge in [-0.15, -0.1) is 0 Å². The summed E-state index contributed by atoms with van der Waals surface area (Å²) in [5.74, 6) is -0.282. The summed E-state index contributed by atoms with van der Waals surface area (Å²) in [6, 6.07) is 8.20. The number of benzene rings is 1. The van der Waals surface area contributed by atoms with Gasteiger partial charge in [0.25, 0.3) is 0 Å². The summed E-state index contributed by atoms with van der Waals surface area (Å²) in [6.45, 7) is 1.76. The van der Waals surface area contributed by atoms with Gasteiger partial charge in [-0.3, -0.25) is 14.5 Å². The van der Waals surface area contributed by atoms with Crippen molar-refractivity contribution in [2.45, 2.75) is 13.0 Å². The zero-order valence-corrected chi connectivity index (χ0v) is 12.0. The zero-order valence-electron chi connectivity index (χ0n) is 12.0. The van der Waals surface area contributed by atoms with E-state index in [4.69, 9.17) is 0 Å². The molecular weight excluding hydrogens is 256 g/mol. The van der Waals surface area contributed by atoms with E-state index in [9.17, 15) is 9.59 Å². The Bertz CT molecular complexity index is 502. The van der Waals surface area contributed by atoms with Crippen molar-refractivity contribution in [3.05, 3.63) is 35.4 Å². The molecule has 108 valence electrons. The topological polar surface area (TPSA) is 49.9 Å². The summed E-state index contributed by atoms with van der Waals surface area (Å²) in [5, 5.41) is 0. The number of carbonyl (C=O) groups is 2. The summed E-state index contributed by atoms with van der Waals surface area (Å²) in [5.41, 5.74) is 2.53. The smallest absolute Gasteiger partial charge is 0.319 e. The van der Waals surface area contributed by atoms with E-state index >= 15 is 0 Å². The SMILES string of the molecule is COC(=O)CN(C)CC(=O)N1CCc2ccccc2C1. The predicted molar refractivity (Wildman–Crippen MR) is 75.1 cm³/mol. The number of ether oxygens (including phenoxy) is 1. The molecule has 0 saturated carbocycles. The predicted octanol–water partition coefficient (Wildman–Crippen LogP) is 0.676. The molecule has 1 heterocycles. The molecule has 1 aromatic carbocycles. The van der Waals surface area contributed by atoms with Crippen LogP contribution in [0.4, 0.5) is 0 Å². The second-order valence-corrected chi connectivity index (χ2v) is 5.08. The highest BCUT2D eigenvalue weighted by Gasteiger charge is 2.21. The third kappa shape index (κ3) is 3.57. The molecule has 20 heavy (non-hydrogen) atoms. The summed E-state index contributed by atoms with van der Waals surface area (Å²) in [7, 11) is 3.09. The van der Waals surface area contributed by atoms with Crippen LogP contribution in [0.2, 0.25) is 0 Å². The minimum Gasteiger partial charge on any atom is -0.468 e. The lowest BCUT2D eigenvalue weighted by Gasteiger charge is -2.30. The second kappa shape index (κ2) is 6.52. The number of methoxy groups -OCH3 is 1. The number of esters is 1. The molecule has 1 amide bonds. The van der Waals surface area contributed by atoms with Gasteiger partial charge in [0, 0.05) is 13.1 Å². The molecule has 0 fully saturated rings. The molecule has 0 unspecified atom stereocenters. The van der Waals surface area contributed by atoms with Crippen LogP contribution in [0.5, 0.6) is 0 Å². The number of hydrogen-bond donors (Lipinski definition) is 0. The lowest BCUT2D eigenvalue weighted by molar-refractivity contribution is -0.142. The Balaban J connectivity index is 1.90. The average molecular weight is 276 g/mol. The number of likely N-dealkylation sites (N-methyl/N-ethyl adjacent to an activating group) is 1. The lowest BCUT2D eigenvalue weighted by Crippen LogP contribution is -2.42. The molecule has 1 aromatic rings. The van der Waals surface area contributed by atoms with Crippen molar-refractivity contribution in [2.75, 3.05) is 33.8 Å². The van der Waals surface area contributed by atoms with Crippen molar-refractivity contribution >= 4 is 11.9 Å². The largest absolute Gasteiger partial charge is 0.468 e. The monoisotopic (exact) mass is 276 g/mol. The quantitative estimate of drug-likeness (QED) is 0.759. The van der Waals surface area contributed by atoms with Crippen molar-refractivity contribution < 1.29 is 14.3 Å². The molecule has 2 rings (SSSR count). The van der Waals surface area contributed by atoms with E-state index in [0.29, 0.717) is 6.54 Å². The van der Waals surface area contributed by atoms with Crippen molar-refractivity contribution in [1.82, 2.24) is 9.80 Å². The minimum absolute atomic E-state index is 0.0471. The number of amides is 1. The standard InChI is InChI=1S/C15H20N2O3/c1-16(11-15(19)20-2)10-14(18)17-8-7-12-5-3-4-6-13(12)9-17/h3-6H,7-11H2,1-2H3. The van der Waals surface area contributed by atoms with E-state index in [1.165, 1.54) is 18.2 Å².